The molecule has 24 heavy (non-hydrogen) atoms. The van der Waals surface area contributed by atoms with E-state index in [0.29, 0.717) is 18.8 Å². The number of aromatic hydroxyl groups is 1. The van der Waals surface area contributed by atoms with Crippen LogP contribution >= 0.6 is 24.0 Å². The lowest BCUT2D eigenvalue weighted by molar-refractivity contribution is 0.410. The first kappa shape index (κ1) is 20.1. The third-order valence-electron chi connectivity index (χ3n) is 3.48. The highest BCUT2D eigenvalue weighted by molar-refractivity contribution is 14.0. The molecule has 0 bridgehead atoms. The van der Waals surface area contributed by atoms with Gasteiger partial charge in [-0.3, -0.25) is 9.67 Å². The summed E-state index contributed by atoms with van der Waals surface area (Å²) in [5.74, 6) is 1.66. The number of aromatic nitrogens is 2. The second kappa shape index (κ2) is 9.36. The summed E-state index contributed by atoms with van der Waals surface area (Å²) in [7, 11) is 7.17. The fraction of sp³-hybridized carbons (Fsp3) is 0.375. The second-order valence-corrected chi connectivity index (χ2v) is 5.27. The van der Waals surface area contributed by atoms with Crippen LogP contribution in [0.5, 0.6) is 11.5 Å². The van der Waals surface area contributed by atoms with E-state index in [0.717, 1.165) is 17.1 Å². The number of benzene rings is 1. The second-order valence-electron chi connectivity index (χ2n) is 5.27. The topological polar surface area (TPSA) is 74.9 Å². The van der Waals surface area contributed by atoms with Crippen molar-refractivity contribution < 1.29 is 9.84 Å². The molecule has 2 N–H and O–H groups in total. The quantitative estimate of drug-likeness (QED) is 0.418. The maximum atomic E-state index is 9.93. The maximum Gasteiger partial charge on any atom is 0.193 e. The summed E-state index contributed by atoms with van der Waals surface area (Å²) in [6, 6.07) is 5.15. The van der Waals surface area contributed by atoms with Gasteiger partial charge in [0, 0.05) is 51.6 Å². The number of hydrogen-bond donors (Lipinski definition) is 2. The molecular formula is C16H24IN5O2. The molecular weight excluding hydrogens is 421 g/mol. The number of methoxy groups -OCH3 is 1. The summed E-state index contributed by atoms with van der Waals surface area (Å²) in [6.07, 6.45) is 3.80. The van der Waals surface area contributed by atoms with Gasteiger partial charge in [-0.2, -0.15) is 5.10 Å². The average molecular weight is 445 g/mol. The number of hydrogen-bond acceptors (Lipinski definition) is 4. The molecule has 0 amide bonds. The highest BCUT2D eigenvalue weighted by Gasteiger charge is 2.09. The number of rotatable bonds is 5. The summed E-state index contributed by atoms with van der Waals surface area (Å²) < 4.78 is 6.95. The van der Waals surface area contributed by atoms with Crippen molar-refractivity contribution in [1.29, 1.82) is 0 Å². The highest BCUT2D eigenvalue weighted by atomic mass is 127. The lowest BCUT2D eigenvalue weighted by Crippen LogP contribution is -2.38. The number of aliphatic imine (C=N–C) groups is 1. The third-order valence-corrected chi connectivity index (χ3v) is 3.48. The SMILES string of the molecule is CN=C(NCc1cc(OC)ccc1O)N(C)Cc1cnn(C)c1.I. The van der Waals surface area contributed by atoms with Gasteiger partial charge in [0.25, 0.3) is 0 Å². The molecule has 132 valence electrons. The van der Waals surface area contributed by atoms with Crippen molar-refractivity contribution in [2.45, 2.75) is 13.1 Å². The van der Waals surface area contributed by atoms with E-state index in [4.69, 9.17) is 4.74 Å². The van der Waals surface area contributed by atoms with Gasteiger partial charge in [0.05, 0.1) is 13.3 Å². The van der Waals surface area contributed by atoms with Gasteiger partial charge in [-0.15, -0.1) is 24.0 Å². The van der Waals surface area contributed by atoms with E-state index >= 15 is 0 Å². The van der Waals surface area contributed by atoms with Gasteiger partial charge in [-0.1, -0.05) is 0 Å². The first-order chi connectivity index (χ1) is 11.0. The van der Waals surface area contributed by atoms with Crippen molar-refractivity contribution in [2.75, 3.05) is 21.2 Å². The van der Waals surface area contributed by atoms with Gasteiger partial charge < -0.3 is 20.1 Å². The summed E-state index contributed by atoms with van der Waals surface area (Å²) in [6.45, 7) is 1.14. The van der Waals surface area contributed by atoms with Crippen LogP contribution in [0.15, 0.2) is 35.6 Å². The normalized spacial score (nSPS) is 10.9. The van der Waals surface area contributed by atoms with E-state index in [9.17, 15) is 5.11 Å². The monoisotopic (exact) mass is 445 g/mol. The number of aryl methyl sites for hydroxylation is 1. The molecule has 2 aromatic rings. The minimum atomic E-state index is 0. The summed E-state index contributed by atoms with van der Waals surface area (Å²) in [5, 5.41) is 17.3. The minimum Gasteiger partial charge on any atom is -0.508 e. The Morgan fingerprint density at radius 1 is 1.46 bits per heavy atom. The standard InChI is InChI=1S/C16H23N5O2.HI/c1-17-16(20(2)10-12-8-19-21(3)11-12)18-9-13-7-14(23-4)5-6-15(13)22;/h5-8,11,22H,9-10H2,1-4H3,(H,17,18);1H. The highest BCUT2D eigenvalue weighted by Crippen LogP contribution is 2.22. The molecule has 0 saturated heterocycles. The lowest BCUT2D eigenvalue weighted by atomic mass is 10.2. The Morgan fingerprint density at radius 2 is 2.21 bits per heavy atom. The van der Waals surface area contributed by atoms with Crippen LogP contribution in [0, 0.1) is 0 Å². The molecule has 0 fully saturated rings. The van der Waals surface area contributed by atoms with Gasteiger partial charge in [0.2, 0.25) is 0 Å². The van der Waals surface area contributed by atoms with Crippen LogP contribution in [0.1, 0.15) is 11.1 Å². The Balaban J connectivity index is 0.00000288. The predicted molar refractivity (Wildman–Crippen MR) is 105 cm³/mol. The Kier molecular flexibility index (Phi) is 7.83. The number of ether oxygens (including phenoxy) is 1. The number of phenols is 1. The molecule has 1 aromatic heterocycles. The molecule has 0 aliphatic heterocycles. The van der Waals surface area contributed by atoms with Crippen LogP contribution in [0.25, 0.3) is 0 Å². The fourth-order valence-corrected chi connectivity index (χ4v) is 2.29. The summed E-state index contributed by atoms with van der Waals surface area (Å²) in [5.41, 5.74) is 1.85. The molecule has 0 unspecified atom stereocenters. The van der Waals surface area contributed by atoms with Crippen LogP contribution in [0.3, 0.4) is 0 Å². The van der Waals surface area contributed by atoms with Crippen molar-refractivity contribution >= 4 is 29.9 Å². The molecule has 8 heteroatoms. The fourth-order valence-electron chi connectivity index (χ4n) is 2.29. The lowest BCUT2D eigenvalue weighted by Gasteiger charge is -2.21. The van der Waals surface area contributed by atoms with Crippen LogP contribution < -0.4 is 10.1 Å². The van der Waals surface area contributed by atoms with Gasteiger partial charge in [0.15, 0.2) is 5.96 Å². The largest absolute Gasteiger partial charge is 0.508 e. The number of guanidine groups is 1. The van der Waals surface area contributed by atoms with Crippen molar-refractivity contribution in [3.05, 3.63) is 41.7 Å². The van der Waals surface area contributed by atoms with Crippen molar-refractivity contribution in [3.8, 4) is 11.5 Å². The molecule has 0 saturated carbocycles. The zero-order chi connectivity index (χ0) is 16.8. The number of nitrogens with zero attached hydrogens (tertiary/aromatic N) is 4. The molecule has 0 radical (unpaired) electrons. The van der Waals surface area contributed by atoms with Gasteiger partial charge in [-0.05, 0) is 18.2 Å². The molecule has 7 nitrogen and oxygen atoms in total. The Hall–Kier alpha value is -1.97. The zero-order valence-electron chi connectivity index (χ0n) is 14.4. The molecule has 1 aromatic carbocycles. The summed E-state index contributed by atoms with van der Waals surface area (Å²) >= 11 is 0. The number of nitrogens with one attached hydrogen (secondary N) is 1. The molecule has 0 aliphatic carbocycles. The van der Waals surface area contributed by atoms with E-state index < -0.39 is 0 Å². The third kappa shape index (κ3) is 5.29. The van der Waals surface area contributed by atoms with Crippen molar-refractivity contribution in [3.63, 3.8) is 0 Å². The van der Waals surface area contributed by atoms with E-state index in [1.807, 2.05) is 31.4 Å². The number of phenolic OH excluding ortho intramolecular Hbond substituents is 1. The van der Waals surface area contributed by atoms with Crippen LogP contribution in [0.4, 0.5) is 0 Å². The first-order valence-electron chi connectivity index (χ1n) is 7.28. The van der Waals surface area contributed by atoms with Crippen LogP contribution in [-0.4, -0.2) is 47.0 Å². The minimum absolute atomic E-state index is 0. The smallest absolute Gasteiger partial charge is 0.193 e. The average Bonchev–Trinajstić information content (AvgIpc) is 2.94. The Labute approximate surface area is 159 Å². The van der Waals surface area contributed by atoms with E-state index in [-0.39, 0.29) is 29.7 Å². The number of halogens is 1. The predicted octanol–water partition coefficient (Wildman–Crippen LogP) is 1.96. The molecule has 0 atom stereocenters. The van der Waals surface area contributed by atoms with Crippen LogP contribution in [-0.2, 0) is 20.1 Å². The zero-order valence-corrected chi connectivity index (χ0v) is 16.7. The van der Waals surface area contributed by atoms with E-state index in [2.05, 4.69) is 15.4 Å². The van der Waals surface area contributed by atoms with Crippen molar-refractivity contribution in [1.82, 2.24) is 20.0 Å². The summed E-state index contributed by atoms with van der Waals surface area (Å²) in [4.78, 5) is 6.26. The molecule has 0 spiro atoms. The van der Waals surface area contributed by atoms with Gasteiger partial charge >= 0.3 is 0 Å². The Morgan fingerprint density at radius 3 is 2.79 bits per heavy atom. The maximum absolute atomic E-state index is 9.93. The van der Waals surface area contributed by atoms with Gasteiger partial charge in [-0.25, -0.2) is 0 Å². The Bertz CT molecular complexity index is 687. The van der Waals surface area contributed by atoms with Crippen LogP contribution in [0.2, 0.25) is 0 Å². The van der Waals surface area contributed by atoms with E-state index in [1.165, 1.54) is 0 Å². The molecule has 1 heterocycles. The van der Waals surface area contributed by atoms with E-state index in [1.54, 1.807) is 37.0 Å². The molecule has 0 aliphatic rings. The molecule has 2 rings (SSSR count). The van der Waals surface area contributed by atoms with Gasteiger partial charge in [0.1, 0.15) is 11.5 Å². The first-order valence-corrected chi connectivity index (χ1v) is 7.28. The van der Waals surface area contributed by atoms with Crippen molar-refractivity contribution in [2.24, 2.45) is 12.0 Å².